The maximum absolute atomic E-state index is 13.9. The van der Waals surface area contributed by atoms with Gasteiger partial charge in [0.05, 0.1) is 21.1 Å². The first kappa shape index (κ1) is 19.6. The summed E-state index contributed by atoms with van der Waals surface area (Å²) in [7, 11) is 0. The summed E-state index contributed by atoms with van der Waals surface area (Å²) < 4.78 is 29.8. The van der Waals surface area contributed by atoms with Crippen LogP contribution in [0.25, 0.3) is 22.4 Å². The summed E-state index contributed by atoms with van der Waals surface area (Å²) in [5, 5.41) is 3.45. The molecule has 0 saturated heterocycles. The van der Waals surface area contributed by atoms with Gasteiger partial charge in [-0.2, -0.15) is 0 Å². The van der Waals surface area contributed by atoms with Crippen LogP contribution < -0.4 is 5.32 Å². The van der Waals surface area contributed by atoms with E-state index in [0.717, 1.165) is 29.6 Å². The van der Waals surface area contributed by atoms with Crippen LogP contribution in [0.3, 0.4) is 0 Å². The van der Waals surface area contributed by atoms with Crippen molar-refractivity contribution < 1.29 is 8.78 Å². The Morgan fingerprint density at radius 2 is 1.76 bits per heavy atom. The molecule has 0 saturated carbocycles. The van der Waals surface area contributed by atoms with Gasteiger partial charge in [-0.15, -0.1) is 0 Å². The lowest BCUT2D eigenvalue weighted by molar-refractivity contribution is 0.590. The van der Waals surface area contributed by atoms with Crippen molar-refractivity contribution in [1.29, 1.82) is 0 Å². The van der Waals surface area contributed by atoms with Crippen LogP contribution in [-0.2, 0) is 6.54 Å². The zero-order chi connectivity index (χ0) is 20.5. The number of para-hydroxylation sites is 2. The van der Waals surface area contributed by atoms with Gasteiger partial charge in [-0.25, -0.2) is 18.7 Å². The number of pyridine rings is 1. The Bertz CT molecular complexity index is 1190. The molecular formula is C21H16Cl2F2N4. The van der Waals surface area contributed by atoms with E-state index in [-0.39, 0.29) is 16.5 Å². The third-order valence-electron chi connectivity index (χ3n) is 4.47. The molecule has 0 aliphatic rings. The molecule has 0 unspecified atom stereocenters. The Morgan fingerprint density at radius 3 is 2.45 bits per heavy atom. The fourth-order valence-electron chi connectivity index (χ4n) is 3.19. The Morgan fingerprint density at radius 1 is 1.03 bits per heavy atom. The summed E-state index contributed by atoms with van der Waals surface area (Å²) in [5.41, 5.74) is 1.99. The summed E-state index contributed by atoms with van der Waals surface area (Å²) in [5.74, 6) is -0.638. The second-order valence-corrected chi connectivity index (χ2v) is 7.29. The number of nitrogens with zero attached hydrogens (tertiary/aromatic N) is 3. The maximum atomic E-state index is 13.9. The van der Waals surface area contributed by atoms with E-state index < -0.39 is 11.6 Å². The number of fused-ring (bicyclic) bond motifs is 1. The SMILES string of the molecule is CCCn1c(-c2cnc(Nc3c(F)cccc3F)c(Cl)c2)nc2cccc(Cl)c21. The van der Waals surface area contributed by atoms with E-state index in [2.05, 4.69) is 22.2 Å². The standard InChI is InChI=1S/C21H16Cl2F2N4/c1-2-9-29-19-13(22)5-3-8-17(19)27-21(29)12-10-14(23)20(26-11-12)28-18-15(24)6-4-7-16(18)25/h3-8,10-11H,2,9H2,1H3,(H,26,28). The van der Waals surface area contributed by atoms with Gasteiger partial charge in [-0.3, -0.25) is 0 Å². The molecule has 8 heteroatoms. The summed E-state index contributed by atoms with van der Waals surface area (Å²) in [6.45, 7) is 2.78. The second kappa shape index (κ2) is 7.97. The fourth-order valence-corrected chi connectivity index (χ4v) is 3.68. The number of halogens is 4. The molecule has 29 heavy (non-hydrogen) atoms. The molecule has 4 rings (SSSR count). The zero-order valence-electron chi connectivity index (χ0n) is 15.4. The highest BCUT2D eigenvalue weighted by Crippen LogP contribution is 2.33. The Balaban J connectivity index is 1.77. The van der Waals surface area contributed by atoms with E-state index in [1.54, 1.807) is 12.3 Å². The molecule has 0 aliphatic heterocycles. The molecule has 1 N–H and O–H groups in total. The zero-order valence-corrected chi connectivity index (χ0v) is 16.9. The lowest BCUT2D eigenvalue weighted by Gasteiger charge is -2.12. The number of aryl methyl sites for hydroxylation is 1. The molecule has 0 fully saturated rings. The smallest absolute Gasteiger partial charge is 0.149 e. The largest absolute Gasteiger partial charge is 0.334 e. The van der Waals surface area contributed by atoms with E-state index in [1.807, 2.05) is 22.8 Å². The van der Waals surface area contributed by atoms with Crippen LogP contribution in [0.4, 0.5) is 20.3 Å². The third-order valence-corrected chi connectivity index (χ3v) is 5.06. The second-order valence-electron chi connectivity index (χ2n) is 6.47. The topological polar surface area (TPSA) is 42.7 Å². The summed E-state index contributed by atoms with van der Waals surface area (Å²) in [4.78, 5) is 8.95. The number of anilines is 2. The maximum Gasteiger partial charge on any atom is 0.149 e. The molecule has 4 nitrogen and oxygen atoms in total. The first-order chi connectivity index (χ1) is 14.0. The monoisotopic (exact) mass is 432 g/mol. The molecule has 0 amide bonds. The number of hydrogen-bond acceptors (Lipinski definition) is 3. The van der Waals surface area contributed by atoms with Crippen molar-refractivity contribution in [2.24, 2.45) is 0 Å². The molecule has 2 aromatic heterocycles. The predicted octanol–water partition coefficient (Wildman–Crippen LogP) is 6.84. The molecule has 2 aromatic carbocycles. The van der Waals surface area contributed by atoms with Crippen molar-refractivity contribution in [3.63, 3.8) is 0 Å². The minimum absolute atomic E-state index is 0.149. The van der Waals surface area contributed by atoms with Gasteiger partial charge in [-0.1, -0.05) is 42.3 Å². The molecule has 4 aromatic rings. The Labute approximate surface area is 176 Å². The van der Waals surface area contributed by atoms with Crippen LogP contribution in [-0.4, -0.2) is 14.5 Å². The van der Waals surface area contributed by atoms with Crippen molar-refractivity contribution >= 4 is 45.7 Å². The van der Waals surface area contributed by atoms with E-state index >= 15 is 0 Å². The van der Waals surface area contributed by atoms with Gasteiger partial charge in [0.15, 0.2) is 0 Å². The van der Waals surface area contributed by atoms with E-state index in [1.165, 1.54) is 6.07 Å². The van der Waals surface area contributed by atoms with Crippen molar-refractivity contribution in [2.75, 3.05) is 5.32 Å². The lowest BCUT2D eigenvalue weighted by atomic mass is 10.2. The van der Waals surface area contributed by atoms with Crippen LogP contribution in [0, 0.1) is 11.6 Å². The number of hydrogen-bond donors (Lipinski definition) is 1. The third kappa shape index (κ3) is 3.66. The lowest BCUT2D eigenvalue weighted by Crippen LogP contribution is -2.02. The van der Waals surface area contributed by atoms with Crippen LogP contribution in [0.5, 0.6) is 0 Å². The van der Waals surface area contributed by atoms with Gasteiger partial charge in [-0.05, 0) is 36.8 Å². The number of rotatable bonds is 5. The van der Waals surface area contributed by atoms with Crippen LogP contribution >= 0.6 is 23.2 Å². The molecule has 0 bridgehead atoms. The van der Waals surface area contributed by atoms with E-state index in [4.69, 9.17) is 23.2 Å². The van der Waals surface area contributed by atoms with E-state index in [0.29, 0.717) is 23.0 Å². The van der Waals surface area contributed by atoms with Crippen molar-refractivity contribution in [1.82, 2.24) is 14.5 Å². The van der Waals surface area contributed by atoms with Crippen LogP contribution in [0.15, 0.2) is 48.7 Å². The van der Waals surface area contributed by atoms with E-state index in [9.17, 15) is 8.78 Å². The van der Waals surface area contributed by atoms with Gasteiger partial charge in [0.2, 0.25) is 0 Å². The average molecular weight is 433 g/mol. The first-order valence-corrected chi connectivity index (χ1v) is 9.77. The molecule has 0 aliphatic carbocycles. The van der Waals surface area contributed by atoms with Gasteiger partial charge >= 0.3 is 0 Å². The van der Waals surface area contributed by atoms with Gasteiger partial charge in [0, 0.05) is 18.3 Å². The van der Waals surface area contributed by atoms with Crippen molar-refractivity contribution in [3.05, 3.63) is 70.3 Å². The van der Waals surface area contributed by atoms with Gasteiger partial charge in [0.1, 0.15) is 29.0 Å². The van der Waals surface area contributed by atoms with Crippen molar-refractivity contribution in [2.45, 2.75) is 19.9 Å². The minimum Gasteiger partial charge on any atom is -0.334 e. The van der Waals surface area contributed by atoms with Gasteiger partial charge < -0.3 is 9.88 Å². The van der Waals surface area contributed by atoms with Gasteiger partial charge in [0.25, 0.3) is 0 Å². The molecule has 2 heterocycles. The minimum atomic E-state index is -0.730. The predicted molar refractivity (Wildman–Crippen MR) is 113 cm³/mol. The summed E-state index contributed by atoms with van der Waals surface area (Å²) in [6, 6.07) is 10.8. The quantitative estimate of drug-likeness (QED) is 0.375. The molecule has 0 atom stereocenters. The number of nitrogens with one attached hydrogen (secondary N) is 1. The number of aromatic nitrogens is 3. The molecular weight excluding hydrogens is 417 g/mol. The Hall–Kier alpha value is -2.70. The van der Waals surface area contributed by atoms with Crippen molar-refractivity contribution in [3.8, 4) is 11.4 Å². The highest BCUT2D eigenvalue weighted by atomic mass is 35.5. The normalized spacial score (nSPS) is 11.2. The molecule has 148 valence electrons. The fraction of sp³-hybridized carbons (Fsp3) is 0.143. The molecule has 0 radical (unpaired) electrons. The molecule has 0 spiro atoms. The number of benzene rings is 2. The number of imidazole rings is 1. The highest BCUT2D eigenvalue weighted by molar-refractivity contribution is 6.35. The van der Waals surface area contributed by atoms with Crippen LogP contribution in [0.2, 0.25) is 10.0 Å². The summed E-state index contributed by atoms with van der Waals surface area (Å²) >= 11 is 12.8. The Kier molecular flexibility index (Phi) is 5.39. The van der Waals surface area contributed by atoms with Crippen LogP contribution in [0.1, 0.15) is 13.3 Å². The highest BCUT2D eigenvalue weighted by Gasteiger charge is 2.17. The average Bonchev–Trinajstić information content (AvgIpc) is 3.06. The summed E-state index contributed by atoms with van der Waals surface area (Å²) in [6.07, 6.45) is 2.45. The first-order valence-electron chi connectivity index (χ1n) is 9.01.